The summed E-state index contributed by atoms with van der Waals surface area (Å²) in [5, 5.41) is 1.04. The van der Waals surface area contributed by atoms with Gasteiger partial charge in [0.25, 0.3) is 0 Å². The summed E-state index contributed by atoms with van der Waals surface area (Å²) in [6, 6.07) is 13.4. The van der Waals surface area contributed by atoms with Crippen molar-refractivity contribution in [3.63, 3.8) is 0 Å². The van der Waals surface area contributed by atoms with E-state index in [1.807, 2.05) is 36.4 Å². The van der Waals surface area contributed by atoms with Gasteiger partial charge in [-0.1, -0.05) is 53.5 Å². The first-order chi connectivity index (χ1) is 10.2. The van der Waals surface area contributed by atoms with Gasteiger partial charge in [0, 0.05) is 5.02 Å². The molecule has 2 rings (SSSR count). The lowest BCUT2D eigenvalue weighted by Crippen LogP contribution is -2.08. The van der Waals surface area contributed by atoms with Gasteiger partial charge in [-0.2, -0.15) is 0 Å². The van der Waals surface area contributed by atoms with Crippen LogP contribution in [0.3, 0.4) is 0 Å². The summed E-state index contributed by atoms with van der Waals surface area (Å²) < 4.78 is 11.1. The topological polar surface area (TPSA) is 44.5 Å². The zero-order chi connectivity index (χ0) is 15.1. The molecule has 0 fully saturated rings. The van der Waals surface area contributed by atoms with Gasteiger partial charge in [0.2, 0.25) is 0 Å². The molecule has 3 nitrogen and oxygen atoms in total. The first kappa shape index (κ1) is 16.1. The Hall–Kier alpha value is -1.26. The molecule has 2 aromatic carbocycles. The van der Waals surface area contributed by atoms with Gasteiger partial charge in [-0.15, -0.1) is 0 Å². The predicted octanol–water partition coefficient (Wildman–Crippen LogP) is 4.05. The summed E-state index contributed by atoms with van der Waals surface area (Å²) in [4.78, 5) is 0. The quantitative estimate of drug-likeness (QED) is 0.617. The van der Waals surface area contributed by atoms with Crippen LogP contribution in [0.4, 0.5) is 0 Å². The molecule has 0 spiro atoms. The van der Waals surface area contributed by atoms with Crippen molar-refractivity contribution in [3.05, 3.63) is 63.6 Å². The molecule has 5 heteroatoms. The van der Waals surface area contributed by atoms with E-state index in [0.717, 1.165) is 11.1 Å². The van der Waals surface area contributed by atoms with E-state index in [2.05, 4.69) is 0 Å². The molecule has 0 bridgehead atoms. The maximum atomic E-state index is 6.16. The molecule has 0 aliphatic carbocycles. The highest BCUT2D eigenvalue weighted by molar-refractivity contribution is 6.35. The van der Waals surface area contributed by atoms with Crippen LogP contribution in [0.5, 0.6) is 5.75 Å². The van der Waals surface area contributed by atoms with Crippen LogP contribution in [0, 0.1) is 0 Å². The molecular formula is C16H17Cl2NO2. The van der Waals surface area contributed by atoms with Gasteiger partial charge in [-0.05, 0) is 36.2 Å². The molecular weight excluding hydrogens is 309 g/mol. The Morgan fingerprint density at radius 1 is 1.05 bits per heavy atom. The second-order valence-corrected chi connectivity index (χ2v) is 5.35. The summed E-state index contributed by atoms with van der Waals surface area (Å²) in [6.07, 6.45) is 0.647. The van der Waals surface area contributed by atoms with E-state index in [4.69, 9.17) is 38.4 Å². The van der Waals surface area contributed by atoms with E-state index in [9.17, 15) is 0 Å². The number of hydrogen-bond donors (Lipinski definition) is 1. The van der Waals surface area contributed by atoms with Gasteiger partial charge in [-0.3, -0.25) is 0 Å². The second-order valence-electron chi connectivity index (χ2n) is 4.51. The van der Waals surface area contributed by atoms with Crippen molar-refractivity contribution < 1.29 is 9.47 Å². The highest BCUT2D eigenvalue weighted by atomic mass is 35.5. The maximum Gasteiger partial charge on any atom is 0.189 e. The second kappa shape index (κ2) is 8.25. The normalized spacial score (nSPS) is 10.6. The van der Waals surface area contributed by atoms with Crippen molar-refractivity contribution >= 4 is 23.2 Å². The van der Waals surface area contributed by atoms with Crippen molar-refractivity contribution in [2.24, 2.45) is 5.73 Å². The van der Waals surface area contributed by atoms with Gasteiger partial charge in [0.15, 0.2) is 6.79 Å². The van der Waals surface area contributed by atoms with E-state index < -0.39 is 0 Å². The minimum atomic E-state index is 0.119. The highest BCUT2D eigenvalue weighted by Gasteiger charge is 2.10. The highest BCUT2D eigenvalue weighted by Crippen LogP contribution is 2.32. The van der Waals surface area contributed by atoms with Crippen molar-refractivity contribution in [2.75, 3.05) is 13.3 Å². The van der Waals surface area contributed by atoms with E-state index in [-0.39, 0.29) is 6.79 Å². The summed E-state index contributed by atoms with van der Waals surface area (Å²) in [7, 11) is 0. The zero-order valence-electron chi connectivity index (χ0n) is 11.5. The number of benzene rings is 2. The molecule has 0 aliphatic rings. The molecule has 0 amide bonds. The van der Waals surface area contributed by atoms with Crippen molar-refractivity contribution in [3.8, 4) is 5.75 Å². The Balaban J connectivity index is 1.93. The Morgan fingerprint density at radius 2 is 1.81 bits per heavy atom. The van der Waals surface area contributed by atoms with Gasteiger partial charge >= 0.3 is 0 Å². The molecule has 0 radical (unpaired) electrons. The predicted molar refractivity (Wildman–Crippen MR) is 85.9 cm³/mol. The van der Waals surface area contributed by atoms with Crippen LogP contribution in [0.25, 0.3) is 0 Å². The molecule has 0 saturated carbocycles. The maximum absolute atomic E-state index is 6.16. The fourth-order valence-electron chi connectivity index (χ4n) is 1.95. The molecule has 2 aromatic rings. The largest absolute Gasteiger partial charge is 0.466 e. The lowest BCUT2D eigenvalue weighted by molar-refractivity contribution is 0.00461. The van der Waals surface area contributed by atoms with Crippen LogP contribution in [0.2, 0.25) is 10.0 Å². The Kier molecular flexibility index (Phi) is 6.33. The summed E-state index contributed by atoms with van der Waals surface area (Å²) >= 11 is 12.1. The Morgan fingerprint density at radius 3 is 2.52 bits per heavy atom. The third kappa shape index (κ3) is 4.90. The van der Waals surface area contributed by atoms with E-state index in [0.29, 0.717) is 35.4 Å². The molecule has 2 N–H and O–H groups in total. The first-order valence-electron chi connectivity index (χ1n) is 6.63. The molecule has 0 atom stereocenters. The third-order valence-corrected chi connectivity index (χ3v) is 3.40. The number of hydrogen-bond acceptors (Lipinski definition) is 3. The first-order valence-corrected chi connectivity index (χ1v) is 7.38. The van der Waals surface area contributed by atoms with Gasteiger partial charge in [0.1, 0.15) is 5.75 Å². The van der Waals surface area contributed by atoms with Crippen LogP contribution >= 0.6 is 23.2 Å². The number of halogens is 2. The molecule has 0 aromatic heterocycles. The molecule has 21 heavy (non-hydrogen) atoms. The van der Waals surface area contributed by atoms with Crippen molar-refractivity contribution in [2.45, 2.75) is 13.0 Å². The summed E-state index contributed by atoms with van der Waals surface area (Å²) in [5.74, 6) is 0.583. The zero-order valence-corrected chi connectivity index (χ0v) is 13.0. The number of nitrogens with two attached hydrogens (primary N) is 1. The minimum absolute atomic E-state index is 0.119. The lowest BCUT2D eigenvalue weighted by atomic mass is 10.1. The molecule has 112 valence electrons. The van der Waals surface area contributed by atoms with Gasteiger partial charge in [0.05, 0.1) is 11.6 Å². The number of ether oxygens (including phenoxy) is 2. The van der Waals surface area contributed by atoms with Crippen LogP contribution in [0.1, 0.15) is 11.1 Å². The van der Waals surface area contributed by atoms with E-state index >= 15 is 0 Å². The van der Waals surface area contributed by atoms with Gasteiger partial charge < -0.3 is 15.2 Å². The van der Waals surface area contributed by atoms with Crippen molar-refractivity contribution in [1.82, 2.24) is 0 Å². The molecule has 0 aliphatic heterocycles. The standard InChI is InChI=1S/C16H17Cl2NO2/c17-14-8-13(6-7-19)16(15(18)9-14)21-11-20-10-12-4-2-1-3-5-12/h1-5,8-9H,6-7,10-11,19H2. The van der Waals surface area contributed by atoms with Crippen LogP contribution in [-0.4, -0.2) is 13.3 Å². The number of rotatable bonds is 7. The van der Waals surface area contributed by atoms with Gasteiger partial charge in [-0.25, -0.2) is 0 Å². The van der Waals surface area contributed by atoms with Crippen LogP contribution in [-0.2, 0) is 17.8 Å². The smallest absolute Gasteiger partial charge is 0.189 e. The van der Waals surface area contributed by atoms with E-state index in [1.165, 1.54) is 0 Å². The monoisotopic (exact) mass is 325 g/mol. The fraction of sp³-hybridized carbons (Fsp3) is 0.250. The minimum Gasteiger partial charge on any atom is -0.466 e. The molecule has 0 heterocycles. The average molecular weight is 326 g/mol. The van der Waals surface area contributed by atoms with Crippen LogP contribution in [0.15, 0.2) is 42.5 Å². The lowest BCUT2D eigenvalue weighted by Gasteiger charge is -2.13. The SMILES string of the molecule is NCCc1cc(Cl)cc(Cl)c1OCOCc1ccccc1. The van der Waals surface area contributed by atoms with Crippen LogP contribution < -0.4 is 10.5 Å². The fourth-order valence-corrected chi connectivity index (χ4v) is 2.54. The Bertz CT molecular complexity index is 576. The average Bonchev–Trinajstić information content (AvgIpc) is 2.47. The molecule has 0 unspecified atom stereocenters. The summed E-state index contributed by atoms with van der Waals surface area (Å²) in [5.41, 5.74) is 7.56. The third-order valence-electron chi connectivity index (χ3n) is 2.90. The van der Waals surface area contributed by atoms with Crippen molar-refractivity contribution in [1.29, 1.82) is 0 Å². The Labute approximate surface area is 134 Å². The van der Waals surface area contributed by atoms with E-state index in [1.54, 1.807) is 6.07 Å². The molecule has 0 saturated heterocycles. The summed E-state index contributed by atoms with van der Waals surface area (Å²) in [6.45, 7) is 1.10.